The van der Waals surface area contributed by atoms with Crippen LogP contribution in [0, 0.1) is 0 Å². The molecular weight excluding hydrogens is 139 g/mol. The first kappa shape index (κ1) is 8.76. The Morgan fingerprint density at radius 1 is 1.56 bits per heavy atom. The molecule has 0 radical (unpaired) electrons. The van der Waals surface area contributed by atoms with Gasteiger partial charge in [-0.05, 0) is 0 Å². The lowest BCUT2D eigenvalue weighted by molar-refractivity contribution is 0.126. The monoisotopic (exact) mass is 148 g/mol. The molecule has 0 saturated heterocycles. The van der Waals surface area contributed by atoms with Crippen LogP contribution < -0.4 is 0 Å². The molecule has 0 aliphatic heterocycles. The van der Waals surface area contributed by atoms with Crippen LogP contribution in [0.15, 0.2) is 12.7 Å². The van der Waals surface area contributed by atoms with Gasteiger partial charge in [0, 0.05) is 0 Å². The van der Waals surface area contributed by atoms with Gasteiger partial charge in [0.05, 0.1) is 19.8 Å². The second-order valence-electron chi connectivity index (χ2n) is 1.27. The molecule has 0 aromatic rings. The maximum absolute atomic E-state index is 9.64. The van der Waals surface area contributed by atoms with Gasteiger partial charge in [-0.3, -0.25) is 4.52 Å². The first-order chi connectivity index (χ1) is 4.41. The van der Waals surface area contributed by atoms with Crippen LogP contribution in [0.25, 0.3) is 0 Å². The molecule has 3 nitrogen and oxygen atoms in total. The summed E-state index contributed by atoms with van der Waals surface area (Å²) in [4.78, 5) is 0. The second-order valence-corrected chi connectivity index (χ2v) is 1.68. The molecule has 0 rings (SSSR count). The predicted molar refractivity (Wildman–Crippen MR) is 34.6 cm³/mol. The quantitative estimate of drug-likeness (QED) is 0.324. The fourth-order valence-corrected chi connectivity index (χ4v) is 0.449. The Balaban J connectivity index is 2.74. The molecule has 0 N–H and O–H groups in total. The molecule has 0 amide bonds. The van der Waals surface area contributed by atoms with Gasteiger partial charge in [0.25, 0.3) is 0 Å². The van der Waals surface area contributed by atoms with Gasteiger partial charge in [0.2, 0.25) is 0 Å². The molecule has 52 valence electrons. The Kier molecular flexibility index (Phi) is 7.55. The van der Waals surface area contributed by atoms with E-state index >= 15 is 0 Å². The van der Waals surface area contributed by atoms with Gasteiger partial charge in [-0.15, -0.1) is 6.58 Å². The Hall–Kier alpha value is -0.240. The highest BCUT2D eigenvalue weighted by Gasteiger charge is 1.83. The third-order valence-corrected chi connectivity index (χ3v) is 0.895. The van der Waals surface area contributed by atoms with Crippen LogP contribution in [0.4, 0.5) is 0 Å². The van der Waals surface area contributed by atoms with Crippen molar-refractivity contribution >= 4 is 8.69 Å². The zero-order chi connectivity index (χ0) is 6.95. The molecule has 0 aromatic carbocycles. The van der Waals surface area contributed by atoms with Crippen LogP contribution in [-0.4, -0.2) is 19.8 Å². The van der Waals surface area contributed by atoms with Gasteiger partial charge < -0.3 is 4.74 Å². The summed E-state index contributed by atoms with van der Waals surface area (Å²) in [6, 6.07) is 0. The fourth-order valence-electron chi connectivity index (χ4n) is 0.300. The van der Waals surface area contributed by atoms with Crippen molar-refractivity contribution in [3.05, 3.63) is 12.7 Å². The normalized spacial score (nSPS) is 9.78. The van der Waals surface area contributed by atoms with E-state index in [-0.39, 0.29) is 8.69 Å². The number of ether oxygens (including phenoxy) is 1. The van der Waals surface area contributed by atoms with Crippen molar-refractivity contribution in [1.29, 1.82) is 0 Å². The van der Waals surface area contributed by atoms with Crippen LogP contribution in [-0.2, 0) is 13.8 Å². The molecule has 0 heterocycles. The molecule has 0 saturated carbocycles. The average Bonchev–Trinajstić information content (AvgIpc) is 1.89. The van der Waals surface area contributed by atoms with Crippen molar-refractivity contribution in [2.75, 3.05) is 19.8 Å². The molecule has 0 aromatic heterocycles. The highest BCUT2D eigenvalue weighted by atomic mass is 31.1. The minimum atomic E-state index is -0.291. The Labute approximate surface area is 55.9 Å². The van der Waals surface area contributed by atoms with Crippen LogP contribution in [0.5, 0.6) is 0 Å². The van der Waals surface area contributed by atoms with Gasteiger partial charge in [-0.1, -0.05) is 6.08 Å². The maximum atomic E-state index is 9.64. The summed E-state index contributed by atoms with van der Waals surface area (Å²) in [5, 5.41) is 0. The number of hydrogen-bond acceptors (Lipinski definition) is 3. The SMILES string of the molecule is C=CCOCCOP=O. The average molecular weight is 148 g/mol. The zero-order valence-electron chi connectivity index (χ0n) is 5.08. The summed E-state index contributed by atoms with van der Waals surface area (Å²) in [6.07, 6.45) is 1.65. The lowest BCUT2D eigenvalue weighted by Crippen LogP contribution is -1.98. The van der Waals surface area contributed by atoms with E-state index in [0.29, 0.717) is 19.8 Å². The van der Waals surface area contributed by atoms with E-state index in [1.165, 1.54) is 0 Å². The minimum Gasteiger partial charge on any atom is -0.375 e. The summed E-state index contributed by atoms with van der Waals surface area (Å²) in [5.74, 6) is 0. The first-order valence-corrected chi connectivity index (χ1v) is 3.28. The van der Waals surface area contributed by atoms with E-state index < -0.39 is 0 Å². The summed E-state index contributed by atoms with van der Waals surface area (Å²) in [5.41, 5.74) is 0. The standard InChI is InChI=1S/C5H9O3P/c1-2-3-7-4-5-8-9-6/h2H,1,3-5H2. The smallest absolute Gasteiger partial charge is 0.327 e. The highest BCUT2D eigenvalue weighted by Crippen LogP contribution is 1.91. The van der Waals surface area contributed by atoms with E-state index in [9.17, 15) is 4.57 Å². The van der Waals surface area contributed by atoms with Crippen molar-refractivity contribution in [3.8, 4) is 0 Å². The molecule has 0 atom stereocenters. The summed E-state index contributed by atoms with van der Waals surface area (Å²) in [7, 11) is -0.291. The van der Waals surface area contributed by atoms with E-state index in [1.54, 1.807) is 6.08 Å². The van der Waals surface area contributed by atoms with Crippen molar-refractivity contribution in [2.24, 2.45) is 0 Å². The topological polar surface area (TPSA) is 35.5 Å². The van der Waals surface area contributed by atoms with E-state index in [1.807, 2.05) is 0 Å². The summed E-state index contributed by atoms with van der Waals surface area (Å²) in [6.45, 7) is 4.78. The predicted octanol–water partition coefficient (Wildman–Crippen LogP) is 1.41. The van der Waals surface area contributed by atoms with Gasteiger partial charge in [0.15, 0.2) is 0 Å². The molecule has 0 spiro atoms. The Morgan fingerprint density at radius 2 is 2.33 bits per heavy atom. The fraction of sp³-hybridized carbons (Fsp3) is 0.600. The van der Waals surface area contributed by atoms with Gasteiger partial charge in [-0.2, -0.15) is 0 Å². The van der Waals surface area contributed by atoms with Gasteiger partial charge in [0.1, 0.15) is 0 Å². The minimum absolute atomic E-state index is 0.291. The van der Waals surface area contributed by atoms with Crippen LogP contribution in [0.1, 0.15) is 0 Å². The molecule has 0 aliphatic rings. The molecule has 4 heteroatoms. The van der Waals surface area contributed by atoms with Crippen molar-refractivity contribution in [3.63, 3.8) is 0 Å². The van der Waals surface area contributed by atoms with Gasteiger partial charge >= 0.3 is 8.69 Å². The van der Waals surface area contributed by atoms with Crippen molar-refractivity contribution in [1.82, 2.24) is 0 Å². The Bertz CT molecular complexity index is 74.3. The Morgan fingerprint density at radius 3 is 2.89 bits per heavy atom. The highest BCUT2D eigenvalue weighted by molar-refractivity contribution is 7.17. The molecule has 0 aliphatic carbocycles. The maximum Gasteiger partial charge on any atom is 0.327 e. The molecule has 0 bridgehead atoms. The van der Waals surface area contributed by atoms with Crippen molar-refractivity contribution in [2.45, 2.75) is 0 Å². The van der Waals surface area contributed by atoms with Crippen LogP contribution in [0.2, 0.25) is 0 Å². The lowest BCUT2D eigenvalue weighted by atomic mass is 10.7. The largest absolute Gasteiger partial charge is 0.375 e. The third-order valence-electron chi connectivity index (χ3n) is 0.607. The molecular formula is C5H9O3P. The first-order valence-electron chi connectivity index (χ1n) is 2.55. The molecule has 0 unspecified atom stereocenters. The number of hydrogen-bond donors (Lipinski definition) is 0. The van der Waals surface area contributed by atoms with E-state index in [0.717, 1.165) is 0 Å². The van der Waals surface area contributed by atoms with Crippen LogP contribution in [0.3, 0.4) is 0 Å². The summed E-state index contributed by atoms with van der Waals surface area (Å²) < 4.78 is 19.0. The molecule has 9 heavy (non-hydrogen) atoms. The second kappa shape index (κ2) is 7.76. The third kappa shape index (κ3) is 7.76. The summed E-state index contributed by atoms with van der Waals surface area (Å²) >= 11 is 0. The van der Waals surface area contributed by atoms with Gasteiger partial charge in [-0.25, -0.2) is 4.57 Å². The lowest BCUT2D eigenvalue weighted by Gasteiger charge is -1.95. The zero-order valence-corrected chi connectivity index (χ0v) is 5.97. The molecule has 0 fully saturated rings. The van der Waals surface area contributed by atoms with E-state index in [2.05, 4.69) is 11.1 Å². The number of rotatable bonds is 6. The van der Waals surface area contributed by atoms with Crippen molar-refractivity contribution < 1.29 is 13.8 Å². The van der Waals surface area contributed by atoms with Crippen LogP contribution >= 0.6 is 8.69 Å². The van der Waals surface area contributed by atoms with E-state index in [4.69, 9.17) is 4.74 Å².